The third-order valence-electron chi connectivity index (χ3n) is 1.85. The summed E-state index contributed by atoms with van der Waals surface area (Å²) in [5.41, 5.74) is 0. The molecule has 0 aromatic heterocycles. The second kappa shape index (κ2) is 7.25. The SMILES string of the molecule is CCCC(C(=O)OC(C)C)C(=O)OC(C)C. The van der Waals surface area contributed by atoms with Crippen molar-refractivity contribution in [3.63, 3.8) is 0 Å². The van der Waals surface area contributed by atoms with Crippen molar-refractivity contribution in [2.45, 2.75) is 59.7 Å². The molecular weight excluding hydrogens is 208 g/mol. The van der Waals surface area contributed by atoms with Crippen LogP contribution in [0.3, 0.4) is 0 Å². The molecule has 0 aliphatic carbocycles. The minimum atomic E-state index is -0.783. The molecule has 16 heavy (non-hydrogen) atoms. The summed E-state index contributed by atoms with van der Waals surface area (Å²) < 4.78 is 10.1. The Balaban J connectivity index is 4.46. The van der Waals surface area contributed by atoms with Crippen LogP contribution in [-0.2, 0) is 19.1 Å². The minimum absolute atomic E-state index is 0.210. The molecule has 0 N–H and O–H groups in total. The Morgan fingerprint density at radius 1 is 0.938 bits per heavy atom. The molecule has 4 heteroatoms. The van der Waals surface area contributed by atoms with E-state index in [0.29, 0.717) is 6.42 Å². The van der Waals surface area contributed by atoms with Gasteiger partial charge in [0, 0.05) is 0 Å². The zero-order valence-corrected chi connectivity index (χ0v) is 10.8. The Kier molecular flexibility index (Phi) is 6.77. The van der Waals surface area contributed by atoms with E-state index >= 15 is 0 Å². The average molecular weight is 230 g/mol. The maximum absolute atomic E-state index is 11.6. The fourth-order valence-corrected chi connectivity index (χ4v) is 1.25. The van der Waals surface area contributed by atoms with Gasteiger partial charge in [-0.05, 0) is 34.1 Å². The van der Waals surface area contributed by atoms with Crippen molar-refractivity contribution in [2.24, 2.45) is 5.92 Å². The predicted octanol–water partition coefficient (Wildman–Crippen LogP) is 2.31. The maximum Gasteiger partial charge on any atom is 0.320 e. The van der Waals surface area contributed by atoms with E-state index in [2.05, 4.69) is 0 Å². The average Bonchev–Trinajstić information content (AvgIpc) is 2.11. The maximum atomic E-state index is 11.6. The second-order valence-corrected chi connectivity index (χ2v) is 4.31. The first-order chi connectivity index (χ1) is 7.38. The molecule has 0 unspecified atom stereocenters. The highest BCUT2D eigenvalue weighted by Crippen LogP contribution is 2.13. The lowest BCUT2D eigenvalue weighted by molar-refractivity contribution is -0.166. The van der Waals surface area contributed by atoms with Crippen molar-refractivity contribution >= 4 is 11.9 Å². The zero-order chi connectivity index (χ0) is 12.7. The van der Waals surface area contributed by atoms with Crippen LogP contribution in [0.15, 0.2) is 0 Å². The molecule has 94 valence electrons. The van der Waals surface area contributed by atoms with Gasteiger partial charge in [-0.15, -0.1) is 0 Å². The van der Waals surface area contributed by atoms with Crippen molar-refractivity contribution in [3.05, 3.63) is 0 Å². The van der Waals surface area contributed by atoms with Gasteiger partial charge in [-0.25, -0.2) is 0 Å². The fourth-order valence-electron chi connectivity index (χ4n) is 1.25. The van der Waals surface area contributed by atoms with Crippen LogP contribution in [0, 0.1) is 5.92 Å². The fraction of sp³-hybridized carbons (Fsp3) is 0.833. The highest BCUT2D eigenvalue weighted by Gasteiger charge is 2.29. The molecule has 0 aliphatic rings. The number of carbonyl (C=O) groups excluding carboxylic acids is 2. The molecule has 0 bridgehead atoms. The molecule has 0 aliphatic heterocycles. The quantitative estimate of drug-likeness (QED) is 0.519. The van der Waals surface area contributed by atoms with Crippen LogP contribution in [0.2, 0.25) is 0 Å². The molecule has 4 nitrogen and oxygen atoms in total. The van der Waals surface area contributed by atoms with Crippen LogP contribution < -0.4 is 0 Å². The van der Waals surface area contributed by atoms with E-state index in [4.69, 9.17) is 9.47 Å². The predicted molar refractivity (Wildman–Crippen MR) is 60.9 cm³/mol. The van der Waals surface area contributed by atoms with Gasteiger partial charge in [-0.1, -0.05) is 13.3 Å². The zero-order valence-electron chi connectivity index (χ0n) is 10.8. The largest absolute Gasteiger partial charge is 0.462 e. The van der Waals surface area contributed by atoms with Gasteiger partial charge in [-0.2, -0.15) is 0 Å². The van der Waals surface area contributed by atoms with Crippen LogP contribution in [0.1, 0.15) is 47.5 Å². The molecule has 0 aromatic carbocycles. The van der Waals surface area contributed by atoms with Crippen molar-refractivity contribution in [2.75, 3.05) is 0 Å². The van der Waals surface area contributed by atoms with Crippen molar-refractivity contribution in [3.8, 4) is 0 Å². The highest BCUT2D eigenvalue weighted by molar-refractivity contribution is 5.94. The number of rotatable bonds is 6. The summed E-state index contributed by atoms with van der Waals surface area (Å²) >= 11 is 0. The van der Waals surface area contributed by atoms with E-state index in [1.807, 2.05) is 6.92 Å². The van der Waals surface area contributed by atoms with Gasteiger partial charge in [0.2, 0.25) is 0 Å². The number of carbonyl (C=O) groups is 2. The van der Waals surface area contributed by atoms with E-state index in [1.54, 1.807) is 27.7 Å². The minimum Gasteiger partial charge on any atom is -0.462 e. The Bertz CT molecular complexity index is 211. The van der Waals surface area contributed by atoms with E-state index in [-0.39, 0.29) is 12.2 Å². The molecular formula is C12H22O4. The summed E-state index contributed by atoms with van der Waals surface area (Å²) in [6, 6.07) is 0. The first-order valence-corrected chi connectivity index (χ1v) is 5.79. The summed E-state index contributed by atoms with van der Waals surface area (Å²) in [6.45, 7) is 8.95. The monoisotopic (exact) mass is 230 g/mol. The lowest BCUT2D eigenvalue weighted by Gasteiger charge is -2.17. The molecule has 0 saturated carbocycles. The number of hydrogen-bond acceptors (Lipinski definition) is 4. The Labute approximate surface area is 97.3 Å². The van der Waals surface area contributed by atoms with Crippen molar-refractivity contribution < 1.29 is 19.1 Å². The molecule has 0 fully saturated rings. The highest BCUT2D eigenvalue weighted by atomic mass is 16.6. The van der Waals surface area contributed by atoms with Crippen molar-refractivity contribution in [1.29, 1.82) is 0 Å². The molecule has 0 rings (SSSR count). The molecule has 0 heterocycles. The first-order valence-electron chi connectivity index (χ1n) is 5.79. The topological polar surface area (TPSA) is 52.6 Å². The van der Waals surface area contributed by atoms with E-state index in [1.165, 1.54) is 0 Å². The summed E-state index contributed by atoms with van der Waals surface area (Å²) in [7, 11) is 0. The van der Waals surface area contributed by atoms with Gasteiger partial charge >= 0.3 is 11.9 Å². The van der Waals surface area contributed by atoms with Crippen LogP contribution >= 0.6 is 0 Å². The third kappa shape index (κ3) is 5.73. The molecule has 0 radical (unpaired) electrons. The van der Waals surface area contributed by atoms with Gasteiger partial charge in [0.1, 0.15) is 0 Å². The van der Waals surface area contributed by atoms with Gasteiger partial charge in [-0.3, -0.25) is 9.59 Å². The Morgan fingerprint density at radius 2 is 1.31 bits per heavy atom. The van der Waals surface area contributed by atoms with Crippen LogP contribution in [-0.4, -0.2) is 24.1 Å². The van der Waals surface area contributed by atoms with E-state index in [9.17, 15) is 9.59 Å². The van der Waals surface area contributed by atoms with E-state index in [0.717, 1.165) is 6.42 Å². The first kappa shape index (κ1) is 14.9. The molecule has 0 atom stereocenters. The Hall–Kier alpha value is -1.06. The standard InChI is InChI=1S/C12H22O4/c1-6-7-10(11(13)15-8(2)3)12(14)16-9(4)5/h8-10H,6-7H2,1-5H3. The van der Waals surface area contributed by atoms with Gasteiger partial charge in [0.25, 0.3) is 0 Å². The van der Waals surface area contributed by atoms with Crippen LogP contribution in [0.5, 0.6) is 0 Å². The van der Waals surface area contributed by atoms with Crippen molar-refractivity contribution in [1.82, 2.24) is 0 Å². The smallest absolute Gasteiger partial charge is 0.320 e. The third-order valence-corrected chi connectivity index (χ3v) is 1.85. The Morgan fingerprint density at radius 3 is 1.56 bits per heavy atom. The lowest BCUT2D eigenvalue weighted by Crippen LogP contribution is -2.31. The summed E-state index contributed by atoms with van der Waals surface area (Å²) in [5, 5.41) is 0. The summed E-state index contributed by atoms with van der Waals surface area (Å²) in [6.07, 6.45) is 0.791. The molecule has 0 spiro atoms. The molecule has 0 saturated heterocycles. The normalized spacial score (nSPS) is 11.0. The number of hydrogen-bond donors (Lipinski definition) is 0. The van der Waals surface area contributed by atoms with Gasteiger partial charge in [0.05, 0.1) is 12.2 Å². The molecule has 0 amide bonds. The van der Waals surface area contributed by atoms with Gasteiger partial charge < -0.3 is 9.47 Å². The summed E-state index contributed by atoms with van der Waals surface area (Å²) in [4.78, 5) is 23.3. The summed E-state index contributed by atoms with van der Waals surface area (Å²) in [5.74, 6) is -1.75. The molecule has 0 aromatic rings. The lowest BCUT2D eigenvalue weighted by atomic mass is 10.0. The van der Waals surface area contributed by atoms with E-state index < -0.39 is 17.9 Å². The second-order valence-electron chi connectivity index (χ2n) is 4.31. The number of esters is 2. The van der Waals surface area contributed by atoms with Crippen LogP contribution in [0.4, 0.5) is 0 Å². The number of ether oxygens (including phenoxy) is 2. The van der Waals surface area contributed by atoms with Crippen LogP contribution in [0.25, 0.3) is 0 Å². The van der Waals surface area contributed by atoms with Gasteiger partial charge in [0.15, 0.2) is 5.92 Å².